The SMILES string of the molecule is CCCNC(=O)[C@@H](CC)N(Cc1cccc(OC)c1)C(=O)CN(c1ccccc1CC)S(=O)(=O)c1ccccc1. The molecule has 3 aromatic rings. The summed E-state index contributed by atoms with van der Waals surface area (Å²) < 4.78 is 34.5. The van der Waals surface area contributed by atoms with Gasteiger partial charge in [-0.25, -0.2) is 8.42 Å². The van der Waals surface area contributed by atoms with Crippen molar-refractivity contribution in [2.45, 2.75) is 57.5 Å². The minimum Gasteiger partial charge on any atom is -0.497 e. The molecular formula is C31H39N3O5S. The molecule has 1 N–H and O–H groups in total. The lowest BCUT2D eigenvalue weighted by Gasteiger charge is -2.33. The molecule has 40 heavy (non-hydrogen) atoms. The van der Waals surface area contributed by atoms with Crippen molar-refractivity contribution in [3.63, 3.8) is 0 Å². The molecule has 9 heteroatoms. The minimum absolute atomic E-state index is 0.0841. The van der Waals surface area contributed by atoms with Gasteiger partial charge in [0, 0.05) is 13.1 Å². The van der Waals surface area contributed by atoms with Crippen LogP contribution in [0.25, 0.3) is 0 Å². The first-order valence-corrected chi connectivity index (χ1v) is 15.1. The second-order valence-electron chi connectivity index (χ2n) is 9.40. The standard InChI is InChI=1S/C31H39N3O5S/c1-5-20-32-31(36)28(7-3)33(22-24-14-13-16-26(21-24)39-4)30(35)23-34(29-19-12-11-15-25(29)6-2)40(37,38)27-17-9-8-10-18-27/h8-19,21,28H,5-7,20,22-23H2,1-4H3,(H,32,36)/t28-/m1/s1. The maximum Gasteiger partial charge on any atom is 0.264 e. The fraction of sp³-hybridized carbons (Fsp3) is 0.355. The molecule has 0 radical (unpaired) electrons. The number of nitrogens with zero attached hydrogens (tertiary/aromatic N) is 2. The van der Waals surface area contributed by atoms with Gasteiger partial charge in [0.15, 0.2) is 0 Å². The molecule has 0 saturated carbocycles. The first kappa shape index (κ1) is 30.7. The molecule has 0 spiro atoms. The number of carbonyl (C=O) groups excluding carboxylic acids is 2. The number of amides is 2. The number of hydrogen-bond donors (Lipinski definition) is 1. The number of rotatable bonds is 14. The van der Waals surface area contributed by atoms with Crippen molar-refractivity contribution in [1.82, 2.24) is 10.2 Å². The lowest BCUT2D eigenvalue weighted by atomic mass is 10.1. The lowest BCUT2D eigenvalue weighted by Crippen LogP contribution is -2.52. The van der Waals surface area contributed by atoms with Gasteiger partial charge in [0.1, 0.15) is 18.3 Å². The van der Waals surface area contributed by atoms with Crippen LogP contribution in [0.2, 0.25) is 0 Å². The summed E-state index contributed by atoms with van der Waals surface area (Å²) >= 11 is 0. The molecule has 0 unspecified atom stereocenters. The number of nitrogens with one attached hydrogen (secondary N) is 1. The third-order valence-electron chi connectivity index (χ3n) is 6.67. The van der Waals surface area contributed by atoms with E-state index in [4.69, 9.17) is 4.74 Å². The fourth-order valence-corrected chi connectivity index (χ4v) is 6.01. The average molecular weight is 566 g/mol. The Balaban J connectivity index is 2.08. The van der Waals surface area contributed by atoms with E-state index >= 15 is 0 Å². The van der Waals surface area contributed by atoms with Crippen molar-refractivity contribution in [3.05, 3.63) is 90.0 Å². The second-order valence-corrected chi connectivity index (χ2v) is 11.3. The Kier molecular flexibility index (Phi) is 11.1. The largest absolute Gasteiger partial charge is 0.497 e. The number of para-hydroxylation sites is 1. The van der Waals surface area contributed by atoms with Crippen LogP contribution in [0.1, 0.15) is 44.7 Å². The van der Waals surface area contributed by atoms with Gasteiger partial charge in [-0.15, -0.1) is 0 Å². The Bertz CT molecular complexity index is 1380. The number of aryl methyl sites for hydroxylation is 1. The predicted molar refractivity (Wildman–Crippen MR) is 158 cm³/mol. The van der Waals surface area contributed by atoms with E-state index < -0.39 is 28.5 Å². The van der Waals surface area contributed by atoms with E-state index in [0.29, 0.717) is 30.8 Å². The van der Waals surface area contributed by atoms with E-state index in [1.54, 1.807) is 43.5 Å². The van der Waals surface area contributed by atoms with Crippen LogP contribution in [-0.2, 0) is 32.6 Å². The number of methoxy groups -OCH3 is 1. The minimum atomic E-state index is -4.10. The topological polar surface area (TPSA) is 96.0 Å². The summed E-state index contributed by atoms with van der Waals surface area (Å²) in [4.78, 5) is 28.9. The van der Waals surface area contributed by atoms with Crippen molar-refractivity contribution < 1.29 is 22.7 Å². The smallest absolute Gasteiger partial charge is 0.264 e. The van der Waals surface area contributed by atoms with Crippen LogP contribution in [0.4, 0.5) is 5.69 Å². The summed E-state index contributed by atoms with van der Waals surface area (Å²) in [5, 5.41) is 2.90. The molecule has 8 nitrogen and oxygen atoms in total. The van der Waals surface area contributed by atoms with Crippen molar-refractivity contribution in [2.24, 2.45) is 0 Å². The molecule has 0 aliphatic heterocycles. The number of anilines is 1. The molecule has 0 saturated heterocycles. The highest BCUT2D eigenvalue weighted by atomic mass is 32.2. The Morgan fingerprint density at radius 1 is 0.925 bits per heavy atom. The van der Waals surface area contributed by atoms with Crippen LogP contribution < -0.4 is 14.4 Å². The van der Waals surface area contributed by atoms with E-state index in [2.05, 4.69) is 5.32 Å². The van der Waals surface area contributed by atoms with Crippen molar-refractivity contribution >= 4 is 27.5 Å². The molecule has 0 aromatic heterocycles. The third-order valence-corrected chi connectivity index (χ3v) is 8.45. The van der Waals surface area contributed by atoms with Crippen LogP contribution in [0.5, 0.6) is 5.75 Å². The van der Waals surface area contributed by atoms with Crippen molar-refractivity contribution in [2.75, 3.05) is 24.5 Å². The number of carbonyl (C=O) groups is 2. The maximum absolute atomic E-state index is 14.2. The van der Waals surface area contributed by atoms with E-state index in [1.165, 1.54) is 21.3 Å². The number of benzene rings is 3. The highest BCUT2D eigenvalue weighted by Crippen LogP contribution is 2.28. The van der Waals surface area contributed by atoms with Crippen LogP contribution in [0, 0.1) is 0 Å². The molecular weight excluding hydrogens is 526 g/mol. The maximum atomic E-state index is 14.2. The van der Waals surface area contributed by atoms with Crippen LogP contribution in [0.15, 0.2) is 83.8 Å². The zero-order valence-corrected chi connectivity index (χ0v) is 24.5. The van der Waals surface area contributed by atoms with E-state index in [9.17, 15) is 18.0 Å². The molecule has 0 fully saturated rings. The van der Waals surface area contributed by atoms with Gasteiger partial charge in [0.25, 0.3) is 10.0 Å². The van der Waals surface area contributed by atoms with Crippen molar-refractivity contribution in [3.8, 4) is 5.75 Å². The number of hydrogen-bond acceptors (Lipinski definition) is 5. The second kappa shape index (κ2) is 14.5. The molecule has 214 valence electrons. The van der Waals surface area contributed by atoms with E-state index in [1.807, 2.05) is 51.1 Å². The Labute approximate surface area is 238 Å². The van der Waals surface area contributed by atoms with E-state index in [-0.39, 0.29) is 17.3 Å². The van der Waals surface area contributed by atoms with Crippen LogP contribution >= 0.6 is 0 Å². The monoisotopic (exact) mass is 565 g/mol. The van der Waals surface area contributed by atoms with Gasteiger partial charge in [0.2, 0.25) is 11.8 Å². The zero-order chi connectivity index (χ0) is 29.1. The molecule has 2 amide bonds. The quantitative estimate of drug-likeness (QED) is 0.303. The Morgan fingerprint density at radius 2 is 1.62 bits per heavy atom. The summed E-state index contributed by atoms with van der Waals surface area (Å²) in [5.74, 6) is -0.128. The zero-order valence-electron chi connectivity index (χ0n) is 23.7. The first-order valence-electron chi connectivity index (χ1n) is 13.6. The fourth-order valence-electron chi connectivity index (χ4n) is 4.54. The van der Waals surface area contributed by atoms with Crippen LogP contribution in [0.3, 0.4) is 0 Å². The van der Waals surface area contributed by atoms with Gasteiger partial charge in [-0.2, -0.15) is 0 Å². The summed E-state index contributed by atoms with van der Waals surface area (Å²) in [6.45, 7) is 5.87. The summed E-state index contributed by atoms with van der Waals surface area (Å²) in [6.07, 6.45) is 1.70. The number of sulfonamides is 1. The van der Waals surface area contributed by atoms with Gasteiger partial charge in [-0.05, 0) is 60.7 Å². The van der Waals surface area contributed by atoms with Gasteiger partial charge in [-0.1, -0.05) is 69.3 Å². The van der Waals surface area contributed by atoms with Gasteiger partial charge in [-0.3, -0.25) is 13.9 Å². The lowest BCUT2D eigenvalue weighted by molar-refractivity contribution is -0.140. The van der Waals surface area contributed by atoms with E-state index in [0.717, 1.165) is 17.5 Å². The average Bonchev–Trinajstić information content (AvgIpc) is 2.98. The first-order chi connectivity index (χ1) is 19.3. The Morgan fingerprint density at radius 3 is 2.27 bits per heavy atom. The van der Waals surface area contributed by atoms with Crippen LogP contribution in [-0.4, -0.2) is 51.4 Å². The summed E-state index contributed by atoms with van der Waals surface area (Å²) in [5.41, 5.74) is 2.00. The highest BCUT2D eigenvalue weighted by Gasteiger charge is 2.34. The molecule has 0 aliphatic carbocycles. The van der Waals surface area contributed by atoms with Gasteiger partial charge >= 0.3 is 0 Å². The number of ether oxygens (including phenoxy) is 1. The summed E-state index contributed by atoms with van der Waals surface area (Å²) in [7, 11) is -2.54. The molecule has 0 bridgehead atoms. The predicted octanol–water partition coefficient (Wildman–Crippen LogP) is 4.79. The highest BCUT2D eigenvalue weighted by molar-refractivity contribution is 7.92. The third kappa shape index (κ3) is 7.41. The molecule has 0 heterocycles. The summed E-state index contributed by atoms with van der Waals surface area (Å²) in [6, 6.07) is 21.7. The normalized spacial score (nSPS) is 11.9. The molecule has 0 aliphatic rings. The van der Waals surface area contributed by atoms with Crippen molar-refractivity contribution in [1.29, 1.82) is 0 Å². The van der Waals surface area contributed by atoms with Gasteiger partial charge < -0.3 is 15.0 Å². The molecule has 3 aromatic carbocycles. The molecule has 1 atom stereocenters. The van der Waals surface area contributed by atoms with Gasteiger partial charge in [0.05, 0.1) is 17.7 Å². The molecule has 3 rings (SSSR count). The Hall–Kier alpha value is -3.85.